The zero-order valence-electron chi connectivity index (χ0n) is 11.8. The van der Waals surface area contributed by atoms with Gasteiger partial charge in [-0.2, -0.15) is 0 Å². The maximum absolute atomic E-state index is 6.36. The van der Waals surface area contributed by atoms with Crippen molar-refractivity contribution in [3.05, 3.63) is 45.4 Å². The average Bonchev–Trinajstić information content (AvgIpc) is 2.91. The molecule has 106 valence electrons. The van der Waals surface area contributed by atoms with Gasteiger partial charge in [-0.3, -0.25) is 0 Å². The van der Waals surface area contributed by atoms with Crippen molar-refractivity contribution in [2.24, 2.45) is 5.73 Å². The number of aromatic nitrogens is 1. The molecule has 0 amide bonds. The van der Waals surface area contributed by atoms with Gasteiger partial charge in [-0.05, 0) is 50.3 Å². The molecule has 1 atom stereocenters. The van der Waals surface area contributed by atoms with E-state index < -0.39 is 0 Å². The number of fused-ring (bicyclic) bond motifs is 1. The second kappa shape index (κ2) is 5.94. The first-order valence-corrected chi connectivity index (χ1v) is 8.06. The normalized spacial score (nSPS) is 15.7. The number of benzene rings is 1. The second-order valence-corrected chi connectivity index (χ2v) is 6.22. The Morgan fingerprint density at radius 3 is 2.70 bits per heavy atom. The number of ether oxygens (including phenoxy) is 1. The Morgan fingerprint density at radius 2 is 2.00 bits per heavy atom. The number of nitrogens with zero attached hydrogens (tertiary/aromatic N) is 1. The summed E-state index contributed by atoms with van der Waals surface area (Å²) in [6.45, 7) is 2.67. The molecule has 2 N–H and O–H groups in total. The standard InChI is InChI=1S/C16H20N2OS/c1-2-19-12-9-7-11(8-10-12)15(17)16-18-13-5-3-4-6-14(13)20-16/h7-10,15H,2-6,17H2,1H3. The molecule has 0 saturated heterocycles. The molecule has 0 radical (unpaired) electrons. The quantitative estimate of drug-likeness (QED) is 0.937. The molecule has 0 aliphatic heterocycles. The fourth-order valence-electron chi connectivity index (χ4n) is 2.59. The molecule has 0 fully saturated rings. The van der Waals surface area contributed by atoms with E-state index >= 15 is 0 Å². The van der Waals surface area contributed by atoms with Crippen LogP contribution >= 0.6 is 11.3 Å². The summed E-state index contributed by atoms with van der Waals surface area (Å²) in [4.78, 5) is 6.19. The Labute approximate surface area is 123 Å². The van der Waals surface area contributed by atoms with Crippen molar-refractivity contribution in [2.75, 3.05) is 6.61 Å². The van der Waals surface area contributed by atoms with E-state index in [4.69, 9.17) is 15.5 Å². The van der Waals surface area contributed by atoms with Crippen LogP contribution in [0.15, 0.2) is 24.3 Å². The molecule has 1 aliphatic rings. The van der Waals surface area contributed by atoms with Crippen LogP contribution in [0.2, 0.25) is 0 Å². The first-order chi connectivity index (χ1) is 9.78. The smallest absolute Gasteiger partial charge is 0.119 e. The Kier molecular flexibility index (Phi) is 4.03. The molecule has 0 spiro atoms. The Hall–Kier alpha value is -1.39. The van der Waals surface area contributed by atoms with Crippen LogP contribution < -0.4 is 10.5 Å². The van der Waals surface area contributed by atoms with Crippen LogP contribution in [0.25, 0.3) is 0 Å². The summed E-state index contributed by atoms with van der Waals surface area (Å²) in [5.74, 6) is 0.891. The van der Waals surface area contributed by atoms with Gasteiger partial charge in [0.2, 0.25) is 0 Å². The highest BCUT2D eigenvalue weighted by Crippen LogP contribution is 2.31. The predicted molar refractivity (Wildman–Crippen MR) is 82.4 cm³/mol. The third kappa shape index (κ3) is 2.72. The molecular weight excluding hydrogens is 268 g/mol. The van der Waals surface area contributed by atoms with E-state index in [1.807, 2.05) is 31.2 Å². The third-order valence-corrected chi connectivity index (χ3v) is 4.92. The molecule has 1 unspecified atom stereocenters. The van der Waals surface area contributed by atoms with Gasteiger partial charge in [0.15, 0.2) is 0 Å². The van der Waals surface area contributed by atoms with E-state index in [1.165, 1.54) is 29.8 Å². The number of rotatable bonds is 4. The molecule has 1 aromatic carbocycles. The second-order valence-electron chi connectivity index (χ2n) is 5.11. The van der Waals surface area contributed by atoms with Crippen LogP contribution in [0.5, 0.6) is 5.75 Å². The van der Waals surface area contributed by atoms with Crippen LogP contribution in [0, 0.1) is 0 Å². The summed E-state index contributed by atoms with van der Waals surface area (Å²) in [5.41, 5.74) is 8.73. The van der Waals surface area contributed by atoms with E-state index in [1.54, 1.807) is 11.3 Å². The highest BCUT2D eigenvalue weighted by molar-refractivity contribution is 7.11. The summed E-state index contributed by atoms with van der Waals surface area (Å²) < 4.78 is 5.46. The molecule has 1 heterocycles. The largest absolute Gasteiger partial charge is 0.494 e. The molecular formula is C16H20N2OS. The molecule has 0 saturated carbocycles. The molecule has 4 heteroatoms. The van der Waals surface area contributed by atoms with Crippen LogP contribution in [0.1, 0.15) is 46.9 Å². The Balaban J connectivity index is 1.80. The lowest BCUT2D eigenvalue weighted by Gasteiger charge is -2.10. The fourth-order valence-corrected chi connectivity index (χ4v) is 3.77. The molecule has 20 heavy (non-hydrogen) atoms. The lowest BCUT2D eigenvalue weighted by atomic mass is 10.0. The predicted octanol–water partition coefficient (Wildman–Crippen LogP) is 3.47. The molecule has 1 aliphatic carbocycles. The monoisotopic (exact) mass is 288 g/mol. The average molecular weight is 288 g/mol. The minimum Gasteiger partial charge on any atom is -0.494 e. The van der Waals surface area contributed by atoms with Gasteiger partial charge in [0.05, 0.1) is 18.3 Å². The van der Waals surface area contributed by atoms with Crippen LogP contribution in [-0.2, 0) is 12.8 Å². The zero-order chi connectivity index (χ0) is 13.9. The van der Waals surface area contributed by atoms with Crippen molar-refractivity contribution in [3.8, 4) is 5.75 Å². The van der Waals surface area contributed by atoms with Gasteiger partial charge >= 0.3 is 0 Å². The summed E-state index contributed by atoms with van der Waals surface area (Å²) in [6.07, 6.45) is 4.83. The van der Waals surface area contributed by atoms with Gasteiger partial charge in [-0.15, -0.1) is 11.3 Å². The maximum atomic E-state index is 6.36. The number of hydrogen-bond donors (Lipinski definition) is 1. The number of nitrogens with two attached hydrogens (primary N) is 1. The molecule has 0 bridgehead atoms. The van der Waals surface area contributed by atoms with Crippen molar-refractivity contribution in [1.29, 1.82) is 0 Å². The summed E-state index contributed by atoms with van der Waals surface area (Å²) in [6, 6.07) is 7.91. The van der Waals surface area contributed by atoms with Gasteiger partial charge in [-0.25, -0.2) is 4.98 Å². The van der Waals surface area contributed by atoms with E-state index in [2.05, 4.69) is 0 Å². The first kappa shape index (κ1) is 13.6. The molecule has 1 aromatic heterocycles. The fraction of sp³-hybridized carbons (Fsp3) is 0.438. The minimum atomic E-state index is -0.124. The van der Waals surface area contributed by atoms with Gasteiger partial charge in [0.25, 0.3) is 0 Å². The number of hydrogen-bond acceptors (Lipinski definition) is 4. The van der Waals surface area contributed by atoms with Gasteiger partial charge < -0.3 is 10.5 Å². The van der Waals surface area contributed by atoms with Crippen molar-refractivity contribution < 1.29 is 4.74 Å². The zero-order valence-corrected chi connectivity index (χ0v) is 12.6. The summed E-state index contributed by atoms with van der Waals surface area (Å²) in [7, 11) is 0. The maximum Gasteiger partial charge on any atom is 0.119 e. The van der Waals surface area contributed by atoms with E-state index in [0.29, 0.717) is 6.61 Å². The summed E-state index contributed by atoms with van der Waals surface area (Å²) in [5, 5.41) is 1.04. The molecule has 3 rings (SSSR count). The number of thiazole rings is 1. The lowest BCUT2D eigenvalue weighted by Crippen LogP contribution is -2.11. The van der Waals surface area contributed by atoms with Crippen molar-refractivity contribution in [2.45, 2.75) is 38.6 Å². The van der Waals surface area contributed by atoms with Gasteiger partial charge in [0, 0.05) is 4.88 Å². The van der Waals surface area contributed by atoms with E-state index in [9.17, 15) is 0 Å². The summed E-state index contributed by atoms with van der Waals surface area (Å²) >= 11 is 1.79. The van der Waals surface area contributed by atoms with Gasteiger partial charge in [0.1, 0.15) is 10.8 Å². The van der Waals surface area contributed by atoms with Crippen LogP contribution in [0.4, 0.5) is 0 Å². The Bertz CT molecular complexity index is 553. The SMILES string of the molecule is CCOc1ccc(C(N)c2nc3c(s2)CCCC3)cc1. The van der Waals surface area contributed by atoms with Crippen molar-refractivity contribution in [1.82, 2.24) is 4.98 Å². The lowest BCUT2D eigenvalue weighted by molar-refractivity contribution is 0.340. The molecule has 3 nitrogen and oxygen atoms in total. The van der Waals surface area contributed by atoms with Crippen LogP contribution in [0.3, 0.4) is 0 Å². The Morgan fingerprint density at radius 1 is 1.25 bits per heavy atom. The highest BCUT2D eigenvalue weighted by atomic mass is 32.1. The van der Waals surface area contributed by atoms with Crippen molar-refractivity contribution >= 4 is 11.3 Å². The third-order valence-electron chi connectivity index (χ3n) is 3.68. The highest BCUT2D eigenvalue weighted by Gasteiger charge is 2.19. The first-order valence-electron chi connectivity index (χ1n) is 7.24. The topological polar surface area (TPSA) is 48.1 Å². The van der Waals surface area contributed by atoms with Gasteiger partial charge in [-0.1, -0.05) is 12.1 Å². The molecule has 2 aromatic rings. The van der Waals surface area contributed by atoms with Crippen LogP contribution in [-0.4, -0.2) is 11.6 Å². The van der Waals surface area contributed by atoms with E-state index in [-0.39, 0.29) is 6.04 Å². The number of aryl methyl sites for hydroxylation is 2. The minimum absolute atomic E-state index is 0.124. The van der Waals surface area contributed by atoms with Crippen molar-refractivity contribution in [3.63, 3.8) is 0 Å². The van der Waals surface area contributed by atoms with E-state index in [0.717, 1.165) is 22.7 Å².